The lowest BCUT2D eigenvalue weighted by Crippen LogP contribution is -2.60. The summed E-state index contributed by atoms with van der Waals surface area (Å²) < 4.78 is 5.82. The summed E-state index contributed by atoms with van der Waals surface area (Å²) in [7, 11) is 2.76. The normalized spacial score (nSPS) is 35.6. The maximum Gasteiger partial charge on any atom is 0.253 e. The molecule has 2 heterocycles. The van der Waals surface area contributed by atoms with E-state index >= 15 is 0 Å². The molecule has 0 radical (unpaired) electrons. The van der Waals surface area contributed by atoms with Gasteiger partial charge in [-0.15, -0.1) is 23.2 Å². The lowest BCUT2D eigenvalue weighted by molar-refractivity contribution is -0.141. The Morgan fingerprint density at radius 2 is 1.83 bits per heavy atom. The number of phenols is 1. The van der Waals surface area contributed by atoms with Gasteiger partial charge in [0.15, 0.2) is 21.2 Å². The number of rotatable bonds is 4. The molecule has 4 aliphatic rings. The third kappa shape index (κ3) is 3.11. The molecule has 2 saturated heterocycles. The highest BCUT2D eigenvalue weighted by molar-refractivity contribution is 14.1. The van der Waals surface area contributed by atoms with Gasteiger partial charge in [0.1, 0.15) is 0 Å². The minimum Gasteiger partial charge on any atom is -0.504 e. The van der Waals surface area contributed by atoms with Gasteiger partial charge in [-0.05, 0) is 65.5 Å². The molecule has 192 valence electrons. The molecule has 4 amide bonds. The number of imide groups is 2. The third-order valence-electron chi connectivity index (χ3n) is 8.16. The summed E-state index contributed by atoms with van der Waals surface area (Å²) in [6.07, 6.45) is 2.81. The molecule has 8 nitrogen and oxygen atoms in total. The second kappa shape index (κ2) is 8.59. The minimum absolute atomic E-state index is 0.0399. The first-order valence-electron chi connectivity index (χ1n) is 11.8. The highest BCUT2D eigenvalue weighted by Crippen LogP contribution is 2.65. The van der Waals surface area contributed by atoms with Crippen molar-refractivity contribution < 1.29 is 29.0 Å². The number of aromatic hydroxyl groups is 1. The van der Waals surface area contributed by atoms with Crippen LogP contribution in [-0.4, -0.2) is 69.0 Å². The van der Waals surface area contributed by atoms with Gasteiger partial charge >= 0.3 is 0 Å². The van der Waals surface area contributed by atoms with Gasteiger partial charge in [0, 0.05) is 19.5 Å². The van der Waals surface area contributed by atoms with E-state index in [2.05, 4.69) is 0 Å². The van der Waals surface area contributed by atoms with Crippen LogP contribution in [0.15, 0.2) is 23.8 Å². The molecule has 1 aromatic rings. The highest BCUT2D eigenvalue weighted by atomic mass is 127. The molecule has 2 aliphatic heterocycles. The summed E-state index contributed by atoms with van der Waals surface area (Å²) in [6, 6.07) is 3.26. The molecule has 11 heteroatoms. The molecule has 1 N–H and O–H groups in total. The van der Waals surface area contributed by atoms with Crippen LogP contribution in [0, 0.1) is 21.3 Å². The Bertz CT molecular complexity index is 1250. The number of halogens is 3. The maximum atomic E-state index is 13.6. The molecule has 2 aliphatic carbocycles. The van der Waals surface area contributed by atoms with Crippen molar-refractivity contribution in [2.75, 3.05) is 20.7 Å². The number of benzene rings is 1. The molecule has 6 atom stereocenters. The van der Waals surface area contributed by atoms with Crippen molar-refractivity contribution in [2.45, 2.75) is 41.9 Å². The van der Waals surface area contributed by atoms with E-state index in [1.807, 2.05) is 35.6 Å². The predicted molar refractivity (Wildman–Crippen MR) is 140 cm³/mol. The molecule has 3 fully saturated rings. The van der Waals surface area contributed by atoms with Crippen molar-refractivity contribution in [2.24, 2.45) is 17.8 Å². The number of methoxy groups -OCH3 is 1. The number of allylic oxidation sites excluding steroid dienone is 2. The van der Waals surface area contributed by atoms with E-state index in [1.54, 1.807) is 12.1 Å². The van der Waals surface area contributed by atoms with Crippen molar-refractivity contribution in [1.29, 1.82) is 0 Å². The van der Waals surface area contributed by atoms with Crippen molar-refractivity contribution in [3.05, 3.63) is 32.9 Å². The summed E-state index contributed by atoms with van der Waals surface area (Å²) >= 11 is 16.2. The first-order chi connectivity index (χ1) is 16.9. The van der Waals surface area contributed by atoms with E-state index < -0.39 is 45.2 Å². The lowest BCUT2D eigenvalue weighted by Gasteiger charge is -2.50. The first-order valence-corrected chi connectivity index (χ1v) is 13.6. The van der Waals surface area contributed by atoms with E-state index in [0.717, 1.165) is 4.90 Å². The average Bonchev–Trinajstić information content (AvgIpc) is 3.16. The maximum absolute atomic E-state index is 13.6. The number of carbonyl (C=O) groups excluding carboxylic acids is 4. The van der Waals surface area contributed by atoms with Crippen LogP contribution in [0.25, 0.3) is 0 Å². The fourth-order valence-corrected chi connectivity index (χ4v) is 8.19. The Kier molecular flexibility index (Phi) is 6.15. The number of likely N-dealkylation sites (tertiary alicyclic amines) is 2. The van der Waals surface area contributed by atoms with Crippen LogP contribution in [-0.2, 0) is 19.2 Å². The Hall–Kier alpha value is -1.85. The number of fused-ring (bicyclic) bond motifs is 4. The zero-order valence-corrected chi connectivity index (χ0v) is 23.6. The number of carbonyl (C=O) groups is 4. The van der Waals surface area contributed by atoms with Crippen LogP contribution in [0.2, 0.25) is 0 Å². The average molecular weight is 647 g/mol. The second-order valence-corrected chi connectivity index (χ2v) is 12.3. The number of alkyl halides is 2. The molecule has 1 aromatic carbocycles. The number of hydrogen-bond acceptors (Lipinski definition) is 6. The Balaban J connectivity index is 1.74. The van der Waals surface area contributed by atoms with Crippen LogP contribution in [0.1, 0.15) is 37.7 Å². The molecule has 6 unspecified atom stereocenters. The van der Waals surface area contributed by atoms with Gasteiger partial charge < -0.3 is 9.84 Å². The fourth-order valence-electron chi connectivity index (χ4n) is 6.54. The van der Waals surface area contributed by atoms with Crippen LogP contribution < -0.4 is 4.74 Å². The Labute approximate surface area is 232 Å². The Morgan fingerprint density at radius 1 is 1.14 bits per heavy atom. The number of hydrogen-bond donors (Lipinski definition) is 1. The summed E-state index contributed by atoms with van der Waals surface area (Å²) in [6.45, 7) is 2.23. The molecule has 0 spiro atoms. The predicted octanol–water partition coefficient (Wildman–Crippen LogP) is 3.40. The highest BCUT2D eigenvalue weighted by Gasteiger charge is 2.75. The second-order valence-electron chi connectivity index (χ2n) is 9.88. The van der Waals surface area contributed by atoms with Gasteiger partial charge in [-0.3, -0.25) is 29.0 Å². The molecular formula is C25H25Cl2IN2O6. The Morgan fingerprint density at radius 3 is 2.47 bits per heavy atom. The quantitative estimate of drug-likeness (QED) is 0.233. The van der Waals surface area contributed by atoms with Crippen LogP contribution in [0.5, 0.6) is 11.5 Å². The largest absolute Gasteiger partial charge is 0.504 e. The van der Waals surface area contributed by atoms with Gasteiger partial charge in [-0.2, -0.15) is 0 Å². The van der Waals surface area contributed by atoms with Gasteiger partial charge in [-0.25, -0.2) is 0 Å². The van der Waals surface area contributed by atoms with E-state index in [1.165, 1.54) is 19.1 Å². The summed E-state index contributed by atoms with van der Waals surface area (Å²) in [5.41, 5.74) is 1.24. The molecule has 0 aromatic heterocycles. The molecular weight excluding hydrogens is 622 g/mol. The monoisotopic (exact) mass is 646 g/mol. The molecule has 1 saturated carbocycles. The molecule has 0 bridgehead atoms. The fraction of sp³-hybridized carbons (Fsp3) is 0.520. The number of phenolic OH excluding ortho intramolecular Hbond substituents is 1. The third-order valence-corrected chi connectivity index (χ3v) is 10.4. The standard InChI is InChI=1S/C25H25Cl2IN2O6/c1-4-7-30-20(32)13-6-5-12-14(17(13)21(30)33)10-24(26)22(34)29(2)23(35)25(24,27)18(12)11-8-15(28)19(31)16(9-11)36-3/h5,8-9,13-14,17-18,31H,4,6-7,10H2,1-3H3. The van der Waals surface area contributed by atoms with Gasteiger partial charge in [0.05, 0.1) is 22.5 Å². The van der Waals surface area contributed by atoms with Gasteiger partial charge in [0.25, 0.3) is 11.8 Å². The van der Waals surface area contributed by atoms with Crippen molar-refractivity contribution >= 4 is 69.4 Å². The zero-order valence-electron chi connectivity index (χ0n) is 19.9. The molecule has 36 heavy (non-hydrogen) atoms. The zero-order chi connectivity index (χ0) is 26.3. The van der Waals surface area contributed by atoms with Crippen molar-refractivity contribution in [3.8, 4) is 11.5 Å². The van der Waals surface area contributed by atoms with Gasteiger partial charge in [-0.1, -0.05) is 18.6 Å². The number of nitrogens with zero attached hydrogens (tertiary/aromatic N) is 2. The topological polar surface area (TPSA) is 104 Å². The first kappa shape index (κ1) is 25.8. The summed E-state index contributed by atoms with van der Waals surface area (Å²) in [4.78, 5) is 52.2. The van der Waals surface area contributed by atoms with E-state index in [0.29, 0.717) is 34.1 Å². The van der Waals surface area contributed by atoms with Crippen LogP contribution in [0.3, 0.4) is 0 Å². The smallest absolute Gasteiger partial charge is 0.253 e. The summed E-state index contributed by atoms with van der Waals surface area (Å²) in [5, 5.41) is 10.4. The van der Waals surface area contributed by atoms with E-state index in [9.17, 15) is 24.3 Å². The SMILES string of the molecule is CCCN1C(=O)C2CC=C3C(CC4(Cl)C(=O)N(C)C(=O)C4(Cl)C3c3cc(I)c(O)c(OC)c3)C2C1=O. The lowest BCUT2D eigenvalue weighted by atomic mass is 9.56. The van der Waals surface area contributed by atoms with Crippen LogP contribution >= 0.6 is 45.8 Å². The van der Waals surface area contributed by atoms with E-state index in [-0.39, 0.29) is 29.7 Å². The number of ether oxygens (including phenoxy) is 1. The summed E-state index contributed by atoms with van der Waals surface area (Å²) in [5.74, 6) is -4.29. The number of amides is 4. The van der Waals surface area contributed by atoms with Crippen LogP contribution in [0.4, 0.5) is 0 Å². The van der Waals surface area contributed by atoms with E-state index in [4.69, 9.17) is 27.9 Å². The van der Waals surface area contributed by atoms with Gasteiger partial charge in [0.2, 0.25) is 11.8 Å². The molecule has 5 rings (SSSR count). The minimum atomic E-state index is -1.87. The van der Waals surface area contributed by atoms with Crippen molar-refractivity contribution in [1.82, 2.24) is 9.80 Å². The van der Waals surface area contributed by atoms with Crippen molar-refractivity contribution in [3.63, 3.8) is 0 Å².